The van der Waals surface area contributed by atoms with Crippen molar-refractivity contribution in [3.8, 4) is 34.5 Å². The van der Waals surface area contributed by atoms with Crippen molar-refractivity contribution in [2.75, 3.05) is 35.0 Å². The van der Waals surface area contributed by atoms with E-state index < -0.39 is 11.9 Å². The van der Waals surface area contributed by atoms with Gasteiger partial charge in [0.15, 0.2) is 29.6 Å². The second kappa shape index (κ2) is 14.6. The van der Waals surface area contributed by atoms with E-state index in [1.54, 1.807) is 18.2 Å². The van der Waals surface area contributed by atoms with Crippen molar-refractivity contribution in [1.82, 2.24) is 5.43 Å². The van der Waals surface area contributed by atoms with Crippen molar-refractivity contribution in [1.29, 1.82) is 0 Å². The van der Waals surface area contributed by atoms with Crippen LogP contribution in [0.5, 0.6) is 34.5 Å². The number of benzene rings is 3. The molecule has 0 heterocycles. The number of methoxy groups -OCH3 is 4. The van der Waals surface area contributed by atoms with E-state index in [0.29, 0.717) is 34.3 Å². The molecule has 0 radical (unpaired) electrons. The van der Waals surface area contributed by atoms with Crippen molar-refractivity contribution in [3.05, 3.63) is 71.3 Å². The minimum atomic E-state index is -0.653. The quantitative estimate of drug-likeness (QED) is 0.106. The van der Waals surface area contributed by atoms with Crippen LogP contribution in [0.15, 0.2) is 59.7 Å². The minimum absolute atomic E-state index is 0.0181. The first kappa shape index (κ1) is 33.8. The van der Waals surface area contributed by atoms with E-state index in [9.17, 15) is 9.59 Å². The van der Waals surface area contributed by atoms with Crippen LogP contribution in [-0.2, 0) is 10.2 Å². The molecule has 1 amide bonds. The number of carbonyl (C=O) groups excluding carboxylic acids is 2. The molecule has 0 saturated heterocycles. The fraction of sp³-hybridized carbons (Fsp3) is 0.382. The summed E-state index contributed by atoms with van der Waals surface area (Å²) in [6.45, 7) is 11.0. The van der Waals surface area contributed by atoms with E-state index in [1.165, 1.54) is 52.3 Å². The molecule has 1 N–H and O–H groups in total. The molecule has 0 spiro atoms. The molecule has 0 bridgehead atoms. The Labute approximate surface area is 259 Å². The lowest BCUT2D eigenvalue weighted by Crippen LogP contribution is -2.25. The molecule has 0 aliphatic heterocycles. The number of carbonyl (C=O) groups is 2. The maximum atomic E-state index is 12.9. The first-order valence-electron chi connectivity index (χ1n) is 14.1. The normalized spacial score (nSPS) is 11.6. The van der Waals surface area contributed by atoms with Crippen molar-refractivity contribution in [2.24, 2.45) is 10.5 Å². The van der Waals surface area contributed by atoms with Gasteiger partial charge >= 0.3 is 5.97 Å². The van der Waals surface area contributed by atoms with Crippen LogP contribution < -0.4 is 33.8 Å². The van der Waals surface area contributed by atoms with Crippen molar-refractivity contribution in [2.45, 2.75) is 46.5 Å². The van der Waals surface area contributed by atoms with Gasteiger partial charge in [-0.05, 0) is 70.8 Å². The third-order valence-electron chi connectivity index (χ3n) is 6.67. The van der Waals surface area contributed by atoms with Gasteiger partial charge in [0.25, 0.3) is 5.91 Å². The highest BCUT2D eigenvalue weighted by Gasteiger charge is 2.27. The van der Waals surface area contributed by atoms with E-state index in [0.717, 1.165) is 6.42 Å². The second-order valence-electron chi connectivity index (χ2n) is 11.9. The summed E-state index contributed by atoms with van der Waals surface area (Å²) in [5, 5.41) is 3.99. The predicted molar refractivity (Wildman–Crippen MR) is 169 cm³/mol. The molecule has 0 aromatic heterocycles. The number of amides is 1. The molecular weight excluding hydrogens is 564 g/mol. The van der Waals surface area contributed by atoms with Crippen LogP contribution in [0, 0.1) is 5.41 Å². The number of hydrogen-bond acceptors (Lipinski definition) is 9. The standard InChI is InChI=1S/C34H42N2O8/c1-33(2,3)21-34(4,5)24-11-13-25(14-12-24)43-20-30(37)36-35-19-22-10-15-26(27(16-22)39-6)44-32(38)23-17-28(40-7)31(42-9)29(18-23)41-8/h10-19H,20-21H2,1-9H3,(H,36,37)/b35-19+. The molecule has 0 aliphatic carbocycles. The number of nitrogens with zero attached hydrogens (tertiary/aromatic N) is 1. The van der Waals surface area contributed by atoms with Crippen LogP contribution in [0.3, 0.4) is 0 Å². The Morgan fingerprint density at radius 2 is 1.39 bits per heavy atom. The van der Waals surface area contributed by atoms with Crippen molar-refractivity contribution in [3.63, 3.8) is 0 Å². The smallest absolute Gasteiger partial charge is 0.343 e. The zero-order valence-electron chi connectivity index (χ0n) is 26.9. The molecule has 0 unspecified atom stereocenters. The minimum Gasteiger partial charge on any atom is -0.493 e. The highest BCUT2D eigenvalue weighted by atomic mass is 16.6. The monoisotopic (exact) mass is 606 g/mol. The molecule has 0 saturated carbocycles. The summed E-state index contributed by atoms with van der Waals surface area (Å²) in [5.74, 6) is 1.00. The van der Waals surface area contributed by atoms with E-state index in [1.807, 2.05) is 24.3 Å². The highest BCUT2D eigenvalue weighted by Crippen LogP contribution is 2.39. The Morgan fingerprint density at radius 1 is 0.773 bits per heavy atom. The summed E-state index contributed by atoms with van der Waals surface area (Å²) in [4.78, 5) is 25.2. The number of ether oxygens (including phenoxy) is 6. The number of hydrogen-bond donors (Lipinski definition) is 1. The molecular formula is C34H42N2O8. The molecule has 10 nitrogen and oxygen atoms in total. The van der Waals surface area contributed by atoms with Gasteiger partial charge in [-0.25, -0.2) is 10.2 Å². The van der Waals surface area contributed by atoms with Crippen LogP contribution >= 0.6 is 0 Å². The molecule has 0 aliphatic rings. The maximum absolute atomic E-state index is 12.9. The van der Waals surface area contributed by atoms with Gasteiger partial charge in [0, 0.05) is 0 Å². The number of rotatable bonds is 13. The Balaban J connectivity index is 1.58. The first-order chi connectivity index (χ1) is 20.8. The fourth-order valence-electron chi connectivity index (χ4n) is 5.00. The summed E-state index contributed by atoms with van der Waals surface area (Å²) < 4.78 is 32.5. The van der Waals surface area contributed by atoms with Gasteiger partial charge in [0.2, 0.25) is 5.75 Å². The van der Waals surface area contributed by atoms with Crippen molar-refractivity contribution >= 4 is 18.1 Å². The Bertz CT molecular complexity index is 1450. The first-order valence-corrected chi connectivity index (χ1v) is 14.1. The third kappa shape index (κ3) is 9.13. The number of esters is 1. The summed E-state index contributed by atoms with van der Waals surface area (Å²) >= 11 is 0. The Kier molecular flexibility index (Phi) is 11.2. The molecule has 3 aromatic carbocycles. The lowest BCUT2D eigenvalue weighted by atomic mass is 9.72. The van der Waals surface area contributed by atoms with Gasteiger partial charge in [-0.1, -0.05) is 46.8 Å². The predicted octanol–water partition coefficient (Wildman–Crippen LogP) is 6.18. The zero-order chi connectivity index (χ0) is 32.5. The van der Waals surface area contributed by atoms with E-state index >= 15 is 0 Å². The second-order valence-corrected chi connectivity index (χ2v) is 11.9. The molecule has 0 atom stereocenters. The number of nitrogens with one attached hydrogen (secondary N) is 1. The van der Waals surface area contributed by atoms with E-state index in [2.05, 4.69) is 45.1 Å². The Morgan fingerprint density at radius 3 is 1.93 bits per heavy atom. The maximum Gasteiger partial charge on any atom is 0.343 e. The average molecular weight is 607 g/mol. The van der Waals surface area contributed by atoms with Crippen LogP contribution in [0.2, 0.25) is 0 Å². The zero-order valence-corrected chi connectivity index (χ0v) is 26.9. The number of hydrazone groups is 1. The van der Waals surface area contributed by atoms with Crippen LogP contribution in [0.1, 0.15) is 62.5 Å². The van der Waals surface area contributed by atoms with Gasteiger partial charge in [0.05, 0.1) is 40.2 Å². The molecule has 3 rings (SSSR count). The van der Waals surface area contributed by atoms with Crippen LogP contribution in [-0.4, -0.2) is 53.1 Å². The van der Waals surface area contributed by atoms with E-state index in [-0.39, 0.29) is 28.7 Å². The summed E-state index contributed by atoms with van der Waals surface area (Å²) in [6.07, 6.45) is 2.48. The third-order valence-corrected chi connectivity index (χ3v) is 6.67. The van der Waals surface area contributed by atoms with Crippen molar-refractivity contribution < 1.29 is 38.0 Å². The van der Waals surface area contributed by atoms with Gasteiger partial charge < -0.3 is 28.4 Å². The summed E-state index contributed by atoms with van der Waals surface area (Å²) in [5.41, 5.74) is 4.68. The lowest BCUT2D eigenvalue weighted by molar-refractivity contribution is -0.123. The Hall–Kier alpha value is -4.73. The van der Waals surface area contributed by atoms with Crippen LogP contribution in [0.4, 0.5) is 0 Å². The molecule has 236 valence electrons. The van der Waals surface area contributed by atoms with Crippen LogP contribution in [0.25, 0.3) is 0 Å². The molecule has 0 fully saturated rings. The molecule has 10 heteroatoms. The molecule has 44 heavy (non-hydrogen) atoms. The largest absolute Gasteiger partial charge is 0.493 e. The topological polar surface area (TPSA) is 114 Å². The average Bonchev–Trinajstić information content (AvgIpc) is 2.98. The summed E-state index contributed by atoms with van der Waals surface area (Å²) in [6, 6.07) is 15.7. The van der Waals surface area contributed by atoms with Gasteiger partial charge in [-0.15, -0.1) is 0 Å². The van der Waals surface area contributed by atoms with E-state index in [4.69, 9.17) is 28.4 Å². The lowest BCUT2D eigenvalue weighted by Gasteiger charge is -2.33. The van der Waals surface area contributed by atoms with Gasteiger partial charge in [0.1, 0.15) is 5.75 Å². The van der Waals surface area contributed by atoms with Gasteiger partial charge in [-0.3, -0.25) is 4.79 Å². The SMILES string of the molecule is COc1cc(/C=N/NC(=O)COc2ccc(C(C)(C)CC(C)(C)C)cc2)ccc1OC(=O)c1cc(OC)c(OC)c(OC)c1. The van der Waals surface area contributed by atoms with Gasteiger partial charge in [-0.2, -0.15) is 5.10 Å². The summed E-state index contributed by atoms with van der Waals surface area (Å²) in [7, 11) is 5.84. The fourth-order valence-corrected chi connectivity index (χ4v) is 5.00. The molecule has 3 aromatic rings. The highest BCUT2D eigenvalue weighted by molar-refractivity contribution is 5.93.